The first-order chi connectivity index (χ1) is 22.5. The highest BCUT2D eigenvalue weighted by Crippen LogP contribution is 2.33. The van der Waals surface area contributed by atoms with Gasteiger partial charge in [-0.05, 0) is 36.6 Å². The molecule has 246 valence electrons. The Bertz CT molecular complexity index is 1350. The van der Waals surface area contributed by atoms with E-state index in [1.54, 1.807) is 7.11 Å². The minimum Gasteiger partial charge on any atom is -0.368 e. The molecule has 0 saturated carbocycles. The van der Waals surface area contributed by atoms with Crippen LogP contribution < -0.4 is 0 Å². The zero-order chi connectivity index (χ0) is 31.8. The molecule has 2 fully saturated rings. The maximum atomic E-state index is 6.67. The van der Waals surface area contributed by atoms with Gasteiger partial charge in [0.2, 0.25) is 0 Å². The van der Waals surface area contributed by atoms with Crippen LogP contribution in [0, 0.1) is 0 Å². The quantitative estimate of drug-likeness (QED) is 0.225. The average molecular weight is 633 g/mol. The maximum absolute atomic E-state index is 6.67. The number of hydrogen-bond donors (Lipinski definition) is 0. The Morgan fingerprint density at radius 3 is 1.76 bits per heavy atom. The van der Waals surface area contributed by atoms with Crippen molar-refractivity contribution in [3.8, 4) is 0 Å². The molecule has 3 aliphatic rings. The first-order valence-corrected chi connectivity index (χ1v) is 15.9. The van der Waals surface area contributed by atoms with Crippen LogP contribution in [0.3, 0.4) is 0 Å². The lowest BCUT2D eigenvalue weighted by Gasteiger charge is -2.46. The molecule has 0 spiro atoms. The smallest absolute Gasteiger partial charge is 0.186 e. The van der Waals surface area contributed by atoms with Crippen molar-refractivity contribution in [1.82, 2.24) is 0 Å². The van der Waals surface area contributed by atoms with E-state index in [1.807, 2.05) is 117 Å². The second-order valence-corrected chi connectivity index (χ2v) is 12.1. The first-order valence-electron chi connectivity index (χ1n) is 15.9. The highest BCUT2D eigenvalue weighted by atomic mass is 16.8. The van der Waals surface area contributed by atoms with E-state index < -0.39 is 42.8 Å². The fourth-order valence-electron chi connectivity index (χ4n) is 5.87. The van der Waals surface area contributed by atoms with Crippen molar-refractivity contribution in [1.29, 1.82) is 0 Å². The van der Waals surface area contributed by atoms with Crippen LogP contribution in [0.15, 0.2) is 103 Å². The molecule has 0 aliphatic carbocycles. The lowest BCUT2D eigenvalue weighted by atomic mass is 9.97. The van der Waals surface area contributed by atoms with Gasteiger partial charge in [-0.2, -0.15) is 0 Å². The molecule has 8 atom stereocenters. The molecule has 9 heteroatoms. The topological polar surface area (TPSA) is 83.1 Å². The van der Waals surface area contributed by atoms with E-state index in [2.05, 4.69) is 0 Å². The second kappa shape index (κ2) is 15.8. The van der Waals surface area contributed by atoms with Gasteiger partial charge in [0, 0.05) is 7.11 Å². The maximum Gasteiger partial charge on any atom is 0.186 e. The van der Waals surface area contributed by atoms with Gasteiger partial charge < -0.3 is 42.6 Å². The summed E-state index contributed by atoms with van der Waals surface area (Å²) in [5, 5.41) is 0. The number of fused-ring (bicyclic) bond motifs is 1. The van der Waals surface area contributed by atoms with Crippen molar-refractivity contribution in [3.63, 3.8) is 0 Å². The predicted molar refractivity (Wildman–Crippen MR) is 169 cm³/mol. The Morgan fingerprint density at radius 1 is 0.652 bits per heavy atom. The molecule has 0 bridgehead atoms. The van der Waals surface area contributed by atoms with Crippen LogP contribution in [0.5, 0.6) is 0 Å². The second-order valence-electron chi connectivity index (χ2n) is 12.1. The molecule has 0 amide bonds. The molecule has 46 heavy (non-hydrogen) atoms. The summed E-state index contributed by atoms with van der Waals surface area (Å²) in [4.78, 5) is 0. The van der Waals surface area contributed by atoms with Crippen LogP contribution in [0.25, 0.3) is 0 Å². The summed E-state index contributed by atoms with van der Waals surface area (Å²) in [5.74, 6) is -0.662. The van der Waals surface area contributed by atoms with Gasteiger partial charge in [0.1, 0.15) is 36.6 Å². The standard InChI is InChI=1S/C37H44O9/c1-37(2)43-25-30-29(46-37)19-20-32(44-30)39-24-31-33(40-21-26-13-7-4-8-14-26)34(41-22-27-15-9-5-10-16-27)35(36(38-3)45-31)42-23-28-17-11-6-12-18-28/h4-20,29-36H,21-25H2,1-3H3/t29-,30+,31+,32+,33+,34-,35+,36-/m0/s1. The molecular weight excluding hydrogens is 588 g/mol. The van der Waals surface area contributed by atoms with Crippen molar-refractivity contribution in [2.45, 2.75) is 88.7 Å². The van der Waals surface area contributed by atoms with E-state index in [0.717, 1.165) is 16.7 Å². The van der Waals surface area contributed by atoms with Crippen LogP contribution in [0.2, 0.25) is 0 Å². The minimum atomic E-state index is -0.732. The lowest BCUT2D eigenvalue weighted by Crippen LogP contribution is -2.61. The van der Waals surface area contributed by atoms with Crippen LogP contribution >= 0.6 is 0 Å². The Morgan fingerprint density at radius 2 is 1.20 bits per heavy atom. The number of methoxy groups -OCH3 is 1. The molecule has 0 N–H and O–H groups in total. The number of hydrogen-bond acceptors (Lipinski definition) is 9. The fraction of sp³-hybridized carbons (Fsp3) is 0.459. The molecule has 0 unspecified atom stereocenters. The van der Waals surface area contributed by atoms with E-state index in [-0.39, 0.29) is 18.8 Å². The van der Waals surface area contributed by atoms with Gasteiger partial charge in [-0.1, -0.05) is 97.1 Å². The third-order valence-corrected chi connectivity index (χ3v) is 8.25. The largest absolute Gasteiger partial charge is 0.368 e. The Balaban J connectivity index is 1.22. The fourth-order valence-corrected chi connectivity index (χ4v) is 5.87. The van der Waals surface area contributed by atoms with Gasteiger partial charge in [-0.3, -0.25) is 0 Å². The zero-order valence-corrected chi connectivity index (χ0v) is 26.6. The summed E-state index contributed by atoms with van der Waals surface area (Å²) >= 11 is 0. The van der Waals surface area contributed by atoms with Crippen LogP contribution in [0.4, 0.5) is 0 Å². The molecule has 0 radical (unpaired) electrons. The highest BCUT2D eigenvalue weighted by Gasteiger charge is 2.49. The SMILES string of the molecule is CO[C@H]1O[C@H](CO[C@H]2C=C[C@@H]3OC(C)(C)OC[C@H]3O2)[C@@H](OCc2ccccc2)[C@H](OCc2ccccc2)[C@H]1OCc1ccccc1. The minimum absolute atomic E-state index is 0.162. The summed E-state index contributed by atoms with van der Waals surface area (Å²) in [6.45, 7) is 5.44. The van der Waals surface area contributed by atoms with Gasteiger partial charge in [0.15, 0.2) is 18.4 Å². The Hall–Kier alpha value is -2.96. The van der Waals surface area contributed by atoms with Gasteiger partial charge in [0.05, 0.1) is 33.0 Å². The predicted octanol–water partition coefficient (Wildman–Crippen LogP) is 5.56. The van der Waals surface area contributed by atoms with E-state index in [0.29, 0.717) is 26.4 Å². The summed E-state index contributed by atoms with van der Waals surface area (Å²) in [6, 6.07) is 30.1. The lowest BCUT2D eigenvalue weighted by molar-refractivity contribution is -0.336. The molecule has 0 aromatic heterocycles. The molecule has 2 saturated heterocycles. The van der Waals surface area contributed by atoms with Crippen molar-refractivity contribution in [3.05, 3.63) is 120 Å². The number of benzene rings is 3. The average Bonchev–Trinajstić information content (AvgIpc) is 3.09. The molecule has 3 aromatic rings. The van der Waals surface area contributed by atoms with Crippen molar-refractivity contribution in [2.24, 2.45) is 0 Å². The van der Waals surface area contributed by atoms with Gasteiger partial charge in [-0.25, -0.2) is 0 Å². The van der Waals surface area contributed by atoms with Crippen molar-refractivity contribution >= 4 is 0 Å². The van der Waals surface area contributed by atoms with E-state index >= 15 is 0 Å². The normalized spacial score (nSPS) is 30.5. The Labute approximate surface area is 271 Å². The summed E-state index contributed by atoms with van der Waals surface area (Å²) in [7, 11) is 1.61. The zero-order valence-electron chi connectivity index (χ0n) is 26.6. The summed E-state index contributed by atoms with van der Waals surface area (Å²) in [5.41, 5.74) is 3.10. The molecule has 3 heterocycles. The monoisotopic (exact) mass is 632 g/mol. The summed E-state index contributed by atoms with van der Waals surface area (Å²) in [6.07, 6.45) is -0.213. The number of rotatable bonds is 13. The van der Waals surface area contributed by atoms with E-state index in [1.165, 1.54) is 0 Å². The van der Waals surface area contributed by atoms with Crippen LogP contribution in [-0.4, -0.2) is 75.3 Å². The molecule has 9 nitrogen and oxygen atoms in total. The van der Waals surface area contributed by atoms with Gasteiger partial charge in [-0.15, -0.1) is 0 Å². The van der Waals surface area contributed by atoms with Crippen LogP contribution in [-0.2, 0) is 62.5 Å². The number of ether oxygens (including phenoxy) is 9. The van der Waals surface area contributed by atoms with Crippen molar-refractivity contribution < 1.29 is 42.6 Å². The molecule has 3 aliphatic heterocycles. The first kappa shape index (κ1) is 33.0. The molecule has 6 rings (SSSR count). The van der Waals surface area contributed by atoms with E-state index in [4.69, 9.17) is 42.6 Å². The summed E-state index contributed by atoms with van der Waals surface area (Å²) < 4.78 is 56.6. The highest BCUT2D eigenvalue weighted by molar-refractivity contribution is 5.16. The Kier molecular flexibility index (Phi) is 11.3. The van der Waals surface area contributed by atoms with Gasteiger partial charge in [0.25, 0.3) is 0 Å². The third kappa shape index (κ3) is 8.68. The van der Waals surface area contributed by atoms with Gasteiger partial charge >= 0.3 is 0 Å². The van der Waals surface area contributed by atoms with Crippen molar-refractivity contribution in [2.75, 3.05) is 20.3 Å². The molecular formula is C37H44O9. The van der Waals surface area contributed by atoms with Crippen LogP contribution in [0.1, 0.15) is 30.5 Å². The molecule has 3 aromatic carbocycles. The third-order valence-electron chi connectivity index (χ3n) is 8.25. The van der Waals surface area contributed by atoms with E-state index in [9.17, 15) is 0 Å².